The molecule has 0 atom stereocenters. The van der Waals surface area contributed by atoms with Crippen molar-refractivity contribution in [2.24, 2.45) is 0 Å². The summed E-state index contributed by atoms with van der Waals surface area (Å²) in [5.41, 5.74) is 5.92. The van der Waals surface area contributed by atoms with Crippen LogP contribution in [0.1, 0.15) is 0 Å². The van der Waals surface area contributed by atoms with Gasteiger partial charge in [-0.25, -0.2) is 19.3 Å². The summed E-state index contributed by atoms with van der Waals surface area (Å²) in [7, 11) is 0. The van der Waals surface area contributed by atoms with Crippen LogP contribution in [0.15, 0.2) is 12.5 Å². The van der Waals surface area contributed by atoms with E-state index in [9.17, 15) is 4.79 Å². The van der Waals surface area contributed by atoms with Gasteiger partial charge in [0.15, 0.2) is 5.65 Å². The summed E-state index contributed by atoms with van der Waals surface area (Å²) in [4.78, 5) is 18.5. The molecule has 0 fully saturated rings. The average Bonchev–Trinajstić information content (AvgIpc) is 2.45. The van der Waals surface area contributed by atoms with Crippen LogP contribution in [0, 0.1) is 3.57 Å². The van der Waals surface area contributed by atoms with Gasteiger partial charge in [-0.05, 0) is 22.6 Å². The Morgan fingerprint density at radius 2 is 2.29 bits per heavy atom. The second-order valence-corrected chi connectivity index (χ2v) is 3.75. The highest BCUT2D eigenvalue weighted by atomic mass is 127. The van der Waals surface area contributed by atoms with E-state index in [1.807, 2.05) is 22.6 Å². The molecule has 0 spiro atoms. The number of fused-ring (bicyclic) bond motifs is 1. The largest absolute Gasteiger partial charge is 0.464 e. The molecule has 2 heterocycles. The SMILES string of the molecule is Nc1ncnc2c1c(I)cn2C(=O)O. The van der Waals surface area contributed by atoms with Crippen molar-refractivity contribution in [3.63, 3.8) is 0 Å². The zero-order valence-electron chi connectivity index (χ0n) is 6.81. The summed E-state index contributed by atoms with van der Waals surface area (Å²) in [6, 6.07) is 0. The minimum atomic E-state index is -1.09. The van der Waals surface area contributed by atoms with Crippen LogP contribution in [0.5, 0.6) is 0 Å². The fraction of sp³-hybridized carbons (Fsp3) is 0. The van der Waals surface area contributed by atoms with Crippen molar-refractivity contribution in [3.05, 3.63) is 16.1 Å². The maximum absolute atomic E-state index is 10.8. The zero-order valence-corrected chi connectivity index (χ0v) is 8.96. The highest BCUT2D eigenvalue weighted by Gasteiger charge is 2.14. The molecule has 0 bridgehead atoms. The summed E-state index contributed by atoms with van der Waals surface area (Å²) < 4.78 is 1.74. The van der Waals surface area contributed by atoms with Gasteiger partial charge in [0.1, 0.15) is 12.1 Å². The summed E-state index contributed by atoms with van der Waals surface area (Å²) in [6.07, 6.45) is 1.61. The van der Waals surface area contributed by atoms with Crippen LogP contribution in [-0.4, -0.2) is 25.7 Å². The molecule has 14 heavy (non-hydrogen) atoms. The van der Waals surface area contributed by atoms with Gasteiger partial charge in [-0.1, -0.05) is 0 Å². The predicted octanol–water partition coefficient (Wildman–Crippen LogP) is 1.14. The Kier molecular flexibility index (Phi) is 2.02. The number of nitrogens with two attached hydrogens (primary N) is 1. The van der Waals surface area contributed by atoms with Crippen molar-refractivity contribution in [2.75, 3.05) is 5.73 Å². The third kappa shape index (κ3) is 1.20. The first-order chi connectivity index (χ1) is 6.61. The van der Waals surface area contributed by atoms with Crippen LogP contribution in [0.4, 0.5) is 10.6 Å². The fourth-order valence-corrected chi connectivity index (χ4v) is 1.98. The number of halogens is 1. The molecule has 0 aromatic carbocycles. The minimum Gasteiger partial charge on any atom is -0.464 e. The van der Waals surface area contributed by atoms with E-state index in [4.69, 9.17) is 10.8 Å². The molecule has 0 radical (unpaired) electrons. The summed E-state index contributed by atoms with van der Waals surface area (Å²) in [6.45, 7) is 0. The first kappa shape index (κ1) is 9.19. The highest BCUT2D eigenvalue weighted by molar-refractivity contribution is 14.1. The third-order valence-corrected chi connectivity index (χ3v) is 2.59. The topological polar surface area (TPSA) is 94.0 Å². The van der Waals surface area contributed by atoms with Gasteiger partial charge in [-0.3, -0.25) is 0 Å². The molecule has 2 aromatic heterocycles. The van der Waals surface area contributed by atoms with Gasteiger partial charge < -0.3 is 10.8 Å². The molecule has 0 saturated heterocycles. The van der Waals surface area contributed by atoms with E-state index in [-0.39, 0.29) is 0 Å². The molecular weight excluding hydrogens is 299 g/mol. The molecule has 0 aliphatic carbocycles. The molecule has 7 heteroatoms. The smallest absolute Gasteiger partial charge is 0.417 e. The van der Waals surface area contributed by atoms with Crippen molar-refractivity contribution >= 4 is 45.5 Å². The number of carboxylic acid groups (broad SMARTS) is 1. The van der Waals surface area contributed by atoms with Crippen molar-refractivity contribution in [3.8, 4) is 0 Å². The molecule has 3 N–H and O–H groups in total. The van der Waals surface area contributed by atoms with Crippen molar-refractivity contribution in [2.45, 2.75) is 0 Å². The van der Waals surface area contributed by atoms with Gasteiger partial charge in [-0.2, -0.15) is 0 Å². The van der Waals surface area contributed by atoms with E-state index in [1.165, 1.54) is 12.5 Å². The van der Waals surface area contributed by atoms with Crippen LogP contribution in [-0.2, 0) is 0 Å². The zero-order chi connectivity index (χ0) is 10.3. The second kappa shape index (κ2) is 3.08. The summed E-state index contributed by atoms with van der Waals surface area (Å²) in [5.74, 6) is 0.291. The number of nitrogens with zero attached hydrogens (tertiary/aromatic N) is 3. The van der Waals surface area contributed by atoms with E-state index in [1.54, 1.807) is 0 Å². The van der Waals surface area contributed by atoms with Crippen LogP contribution >= 0.6 is 22.6 Å². The Balaban J connectivity index is 2.91. The van der Waals surface area contributed by atoms with Gasteiger partial charge in [-0.15, -0.1) is 0 Å². The molecule has 0 aliphatic rings. The number of rotatable bonds is 0. The molecule has 0 unspecified atom stereocenters. The van der Waals surface area contributed by atoms with Crippen LogP contribution in [0.2, 0.25) is 0 Å². The Morgan fingerprint density at radius 1 is 1.57 bits per heavy atom. The summed E-state index contributed by atoms with van der Waals surface area (Å²) >= 11 is 1.99. The van der Waals surface area contributed by atoms with Crippen LogP contribution in [0.3, 0.4) is 0 Å². The van der Waals surface area contributed by atoms with E-state index in [0.29, 0.717) is 16.9 Å². The maximum Gasteiger partial charge on any atom is 0.417 e. The number of anilines is 1. The Labute approximate surface area is 91.9 Å². The second-order valence-electron chi connectivity index (χ2n) is 2.59. The van der Waals surface area contributed by atoms with Gasteiger partial charge in [0.05, 0.1) is 5.39 Å². The lowest BCUT2D eigenvalue weighted by Crippen LogP contribution is -2.07. The standard InChI is InChI=1S/C7H5IN4O2/c8-3-1-12(7(13)14)6-4(3)5(9)10-2-11-6/h1-2H,(H,13,14)(H2,9,10,11). The predicted molar refractivity (Wildman–Crippen MR) is 58.1 cm³/mol. The lowest BCUT2D eigenvalue weighted by Gasteiger charge is -1.96. The number of hydrogen-bond donors (Lipinski definition) is 2. The molecule has 6 nitrogen and oxygen atoms in total. The lowest BCUT2D eigenvalue weighted by atomic mass is 10.4. The Hall–Kier alpha value is -1.38. The van der Waals surface area contributed by atoms with Crippen LogP contribution in [0.25, 0.3) is 11.0 Å². The normalized spacial score (nSPS) is 10.6. The number of carbonyl (C=O) groups is 1. The third-order valence-electron chi connectivity index (χ3n) is 1.77. The van der Waals surface area contributed by atoms with Crippen LogP contribution < -0.4 is 5.73 Å². The molecule has 0 amide bonds. The average molecular weight is 304 g/mol. The van der Waals surface area contributed by atoms with Gasteiger partial charge in [0.2, 0.25) is 0 Å². The van der Waals surface area contributed by atoms with Crippen molar-refractivity contribution in [1.82, 2.24) is 14.5 Å². The van der Waals surface area contributed by atoms with Crippen molar-refractivity contribution in [1.29, 1.82) is 0 Å². The first-order valence-electron chi connectivity index (χ1n) is 3.61. The molecule has 2 aromatic rings. The quantitative estimate of drug-likeness (QED) is 0.712. The Morgan fingerprint density at radius 3 is 2.93 bits per heavy atom. The maximum atomic E-state index is 10.8. The molecule has 72 valence electrons. The summed E-state index contributed by atoms with van der Waals surface area (Å²) in [5, 5.41) is 9.42. The first-order valence-corrected chi connectivity index (χ1v) is 4.69. The number of nitrogen functional groups attached to an aromatic ring is 1. The monoisotopic (exact) mass is 304 g/mol. The van der Waals surface area contributed by atoms with E-state index < -0.39 is 6.09 Å². The van der Waals surface area contributed by atoms with Gasteiger partial charge >= 0.3 is 6.09 Å². The molecule has 0 aliphatic heterocycles. The van der Waals surface area contributed by atoms with Gasteiger partial charge in [0.25, 0.3) is 0 Å². The molecule has 2 rings (SSSR count). The number of aromatic nitrogens is 3. The lowest BCUT2D eigenvalue weighted by molar-refractivity contribution is 0.197. The van der Waals surface area contributed by atoms with E-state index in [2.05, 4.69) is 9.97 Å². The Bertz CT molecular complexity index is 522. The van der Waals surface area contributed by atoms with E-state index in [0.717, 1.165) is 8.14 Å². The number of hydrogen-bond acceptors (Lipinski definition) is 4. The van der Waals surface area contributed by atoms with Crippen molar-refractivity contribution < 1.29 is 9.90 Å². The van der Waals surface area contributed by atoms with Gasteiger partial charge in [0, 0.05) is 9.77 Å². The van der Waals surface area contributed by atoms with E-state index >= 15 is 0 Å². The molecule has 0 saturated carbocycles. The molecular formula is C7H5IN4O2. The highest BCUT2D eigenvalue weighted by Crippen LogP contribution is 2.24. The fourth-order valence-electron chi connectivity index (χ4n) is 1.19. The minimum absolute atomic E-state index is 0.291.